The van der Waals surface area contributed by atoms with Crippen molar-refractivity contribution in [2.24, 2.45) is 28.1 Å². The summed E-state index contributed by atoms with van der Waals surface area (Å²) in [6.45, 7) is 14.0. The summed E-state index contributed by atoms with van der Waals surface area (Å²) in [5.74, 6) is -4.36. The molecule has 1 spiro atoms. The first kappa shape index (κ1) is 31.2. The number of hydrogen-bond acceptors (Lipinski definition) is 12. The lowest BCUT2D eigenvalue weighted by atomic mass is 9.40. The van der Waals surface area contributed by atoms with Gasteiger partial charge >= 0.3 is 23.9 Å². The van der Waals surface area contributed by atoms with E-state index in [9.17, 15) is 29.4 Å². The molecular weight excluding hydrogens is 564 g/mol. The third kappa shape index (κ3) is 4.05. The number of carbonyl (C=O) groups is 4. The van der Waals surface area contributed by atoms with E-state index in [1.165, 1.54) is 33.5 Å². The summed E-state index contributed by atoms with van der Waals surface area (Å²) < 4.78 is 34.7. The highest BCUT2D eigenvalue weighted by molar-refractivity contribution is 5.80. The zero-order chi connectivity index (χ0) is 31.9. The van der Waals surface area contributed by atoms with E-state index >= 15 is 0 Å². The average molecular weight is 605 g/mol. The Morgan fingerprint density at radius 3 is 2.30 bits per heavy atom. The third-order valence-electron chi connectivity index (χ3n) is 10.9. The molecule has 1 aromatic heterocycles. The Balaban J connectivity index is 1.79. The number of hydrogen-bond donors (Lipinski definition) is 2. The minimum absolute atomic E-state index is 0.117. The Kier molecular flexibility index (Phi) is 7.38. The molecule has 2 aliphatic heterocycles. The van der Waals surface area contributed by atoms with E-state index < -0.39 is 94.2 Å². The smallest absolute Gasteiger partial charge is 0.339 e. The molecule has 2 bridgehead atoms. The van der Waals surface area contributed by atoms with E-state index in [-0.39, 0.29) is 18.4 Å². The lowest BCUT2D eigenvalue weighted by molar-refractivity contribution is -0.368. The van der Waals surface area contributed by atoms with Crippen LogP contribution in [0.4, 0.5) is 0 Å². The van der Waals surface area contributed by atoms with Crippen molar-refractivity contribution in [1.29, 1.82) is 0 Å². The molecule has 236 valence electrons. The molecule has 5 rings (SSSR count). The molecule has 0 amide bonds. The number of esters is 4. The molecule has 4 aliphatic rings. The highest BCUT2D eigenvalue weighted by atomic mass is 16.6. The zero-order valence-electron chi connectivity index (χ0n) is 25.4. The molecule has 11 atom stereocenters. The van der Waals surface area contributed by atoms with Crippen LogP contribution in [0.5, 0.6) is 0 Å². The van der Waals surface area contributed by atoms with Crippen LogP contribution in [0.15, 0.2) is 35.2 Å². The number of ether oxygens (including phenoxy) is 5. The molecule has 43 heavy (non-hydrogen) atoms. The summed E-state index contributed by atoms with van der Waals surface area (Å²) >= 11 is 0. The average Bonchev–Trinajstić information content (AvgIpc) is 3.45. The van der Waals surface area contributed by atoms with Gasteiger partial charge in [-0.25, -0.2) is 4.79 Å². The van der Waals surface area contributed by atoms with Crippen molar-refractivity contribution >= 4 is 23.9 Å². The number of fused-ring (bicyclic) bond motifs is 3. The number of furan rings is 1. The van der Waals surface area contributed by atoms with Crippen LogP contribution in [-0.4, -0.2) is 77.3 Å². The predicted octanol–water partition coefficient (Wildman–Crippen LogP) is 2.41. The predicted molar refractivity (Wildman–Crippen MR) is 146 cm³/mol. The van der Waals surface area contributed by atoms with E-state index in [0.29, 0.717) is 5.56 Å². The number of rotatable bonds is 5. The third-order valence-corrected chi connectivity index (χ3v) is 10.9. The minimum Gasteiger partial charge on any atom is -0.472 e. The van der Waals surface area contributed by atoms with Gasteiger partial charge in [0.15, 0.2) is 6.10 Å². The van der Waals surface area contributed by atoms with Gasteiger partial charge in [0.05, 0.1) is 37.3 Å². The van der Waals surface area contributed by atoms with Crippen molar-refractivity contribution < 1.29 is 57.5 Å². The first-order chi connectivity index (χ1) is 20.0. The van der Waals surface area contributed by atoms with Gasteiger partial charge in [-0.1, -0.05) is 27.4 Å². The number of aliphatic hydroxyl groups is 2. The van der Waals surface area contributed by atoms with E-state index in [1.807, 2.05) is 20.8 Å². The molecule has 12 nitrogen and oxygen atoms in total. The van der Waals surface area contributed by atoms with Gasteiger partial charge < -0.3 is 38.3 Å². The van der Waals surface area contributed by atoms with E-state index in [1.54, 1.807) is 13.0 Å². The molecule has 4 fully saturated rings. The van der Waals surface area contributed by atoms with E-state index in [0.717, 1.165) is 0 Å². The van der Waals surface area contributed by atoms with Gasteiger partial charge in [0, 0.05) is 49.0 Å². The van der Waals surface area contributed by atoms with Crippen LogP contribution in [-0.2, 0) is 42.9 Å². The maximum Gasteiger partial charge on any atom is 0.339 e. The largest absolute Gasteiger partial charge is 0.472 e. The summed E-state index contributed by atoms with van der Waals surface area (Å²) in [5, 5.41) is 24.1. The summed E-state index contributed by atoms with van der Waals surface area (Å²) in [4.78, 5) is 51.1. The van der Waals surface area contributed by atoms with Crippen molar-refractivity contribution in [3.05, 3.63) is 36.3 Å². The maximum atomic E-state index is 13.4. The van der Waals surface area contributed by atoms with Crippen LogP contribution in [0.1, 0.15) is 66.1 Å². The van der Waals surface area contributed by atoms with Crippen molar-refractivity contribution in [2.75, 3.05) is 7.11 Å². The fourth-order valence-corrected chi connectivity index (χ4v) is 8.98. The van der Waals surface area contributed by atoms with Gasteiger partial charge in [0.2, 0.25) is 0 Å². The molecular formula is C31H40O12. The molecule has 12 heteroatoms. The molecule has 2 saturated carbocycles. The molecule has 2 aliphatic carbocycles. The maximum absolute atomic E-state index is 13.4. The molecule has 0 aromatic carbocycles. The van der Waals surface area contributed by atoms with Gasteiger partial charge in [-0.3, -0.25) is 14.4 Å². The van der Waals surface area contributed by atoms with Gasteiger partial charge in [-0.2, -0.15) is 0 Å². The van der Waals surface area contributed by atoms with E-state index in [4.69, 9.17) is 28.1 Å². The normalized spacial score (nSPS) is 43.0. The summed E-state index contributed by atoms with van der Waals surface area (Å²) in [6.07, 6.45) is -4.82. The number of cyclic esters (lactones) is 1. The Labute approximate surface area is 249 Å². The first-order valence-corrected chi connectivity index (χ1v) is 14.4. The fraction of sp³-hybridized carbons (Fsp3) is 0.677. The van der Waals surface area contributed by atoms with Crippen LogP contribution in [0.25, 0.3) is 0 Å². The molecule has 2 saturated heterocycles. The van der Waals surface area contributed by atoms with Crippen molar-refractivity contribution in [3.63, 3.8) is 0 Å². The Morgan fingerprint density at radius 2 is 1.74 bits per heavy atom. The quantitative estimate of drug-likeness (QED) is 0.287. The Morgan fingerprint density at radius 1 is 1.09 bits per heavy atom. The monoisotopic (exact) mass is 604 g/mol. The molecule has 0 radical (unpaired) electrons. The first-order valence-electron chi connectivity index (χ1n) is 14.4. The highest BCUT2D eigenvalue weighted by Gasteiger charge is 2.81. The molecule has 1 aromatic rings. The number of carbonyl (C=O) groups excluding carboxylic acids is 4. The van der Waals surface area contributed by atoms with Gasteiger partial charge in [0.1, 0.15) is 23.9 Å². The minimum atomic E-state index is -1.93. The van der Waals surface area contributed by atoms with Crippen molar-refractivity contribution in [3.8, 4) is 0 Å². The van der Waals surface area contributed by atoms with Crippen LogP contribution >= 0.6 is 0 Å². The van der Waals surface area contributed by atoms with Gasteiger partial charge in [-0.05, 0) is 24.5 Å². The number of methoxy groups -OCH3 is 1. The molecule has 3 heterocycles. The van der Waals surface area contributed by atoms with E-state index in [2.05, 4.69) is 6.58 Å². The van der Waals surface area contributed by atoms with Crippen molar-refractivity contribution in [2.45, 2.75) is 96.6 Å². The summed E-state index contributed by atoms with van der Waals surface area (Å²) in [5.41, 5.74) is -4.91. The standard InChI is InChI=1S/C31H40O12/c1-14-22-23(35)26(41-16(3)33)30(7)25(17-9-10-39-13-17)42-27(37)24(36)31(14,30)43-20-12-19(40-15(2)32)28(4,5)18(29(20,22)6)11-21(34)38-8/h9-10,13,18-20,22-26,35-36H,1,11-12H2,2-8H3/t18-,19-,20-,22?,23+,24+,25-,26+,29+,30-,31+/m0/s1. The van der Waals surface area contributed by atoms with Gasteiger partial charge in [0.25, 0.3) is 0 Å². The summed E-state index contributed by atoms with van der Waals surface area (Å²) in [6, 6.07) is 1.57. The van der Waals surface area contributed by atoms with Gasteiger partial charge in [-0.15, -0.1) is 0 Å². The lowest BCUT2D eigenvalue weighted by Gasteiger charge is -2.73. The van der Waals surface area contributed by atoms with Crippen LogP contribution in [0.2, 0.25) is 0 Å². The fourth-order valence-electron chi connectivity index (χ4n) is 8.98. The highest BCUT2D eigenvalue weighted by Crippen LogP contribution is 2.72. The summed E-state index contributed by atoms with van der Waals surface area (Å²) in [7, 11) is 1.27. The van der Waals surface area contributed by atoms with Crippen LogP contribution in [0.3, 0.4) is 0 Å². The SMILES string of the molecule is C=C1C2[C@@H](O)[C@@H](OC(C)=O)[C@]3(C)[C@H](c4ccoc4)OC(=O)[C@@H](O)[C@]13O[C@H]1C[C@H](OC(C)=O)C(C)(C)[C@H](CC(=O)OC)[C@@]21C. The zero-order valence-corrected chi connectivity index (χ0v) is 25.4. The second-order valence-corrected chi connectivity index (χ2v) is 13.3. The van der Waals surface area contributed by atoms with Crippen LogP contribution < -0.4 is 0 Å². The van der Waals surface area contributed by atoms with Crippen molar-refractivity contribution in [1.82, 2.24) is 0 Å². The molecule has 2 N–H and O–H groups in total. The second-order valence-electron chi connectivity index (χ2n) is 13.3. The topological polar surface area (TPSA) is 168 Å². The Hall–Kier alpha value is -3.22. The Bertz CT molecular complexity index is 1330. The number of aliphatic hydroxyl groups excluding tert-OH is 2. The second kappa shape index (κ2) is 10.2. The molecule has 1 unspecified atom stereocenters. The lowest BCUT2D eigenvalue weighted by Crippen LogP contribution is -2.83. The van der Waals surface area contributed by atoms with Crippen LogP contribution in [0, 0.1) is 28.1 Å².